The van der Waals surface area contributed by atoms with Crippen LogP contribution in [0, 0.1) is 0 Å². The molecule has 0 fully saturated rings. The van der Waals surface area contributed by atoms with E-state index in [-0.39, 0.29) is 0 Å². The van der Waals surface area contributed by atoms with Gasteiger partial charge in [-0.25, -0.2) is 0 Å². The fourth-order valence-electron chi connectivity index (χ4n) is 4.00. The first-order valence-electron chi connectivity index (χ1n) is 7.78. The maximum atomic E-state index is 2.70. The van der Waals surface area contributed by atoms with Crippen LogP contribution in [0.25, 0.3) is 0 Å². The summed E-state index contributed by atoms with van der Waals surface area (Å²) in [5, 5.41) is 0. The minimum Gasteiger partial charge on any atom is -0.361 e. The molecule has 0 N–H and O–H groups in total. The van der Waals surface area contributed by atoms with Crippen LogP contribution in [0.4, 0.5) is 5.69 Å². The molecule has 0 aromatic heterocycles. The number of rotatable bonds is 1. The molecule has 2 aromatic rings. The molecule has 0 bridgehead atoms. The molecule has 2 atom stereocenters. The van der Waals surface area contributed by atoms with Gasteiger partial charge in [0.2, 0.25) is 0 Å². The Morgan fingerprint density at radius 2 is 1.55 bits per heavy atom. The lowest BCUT2D eigenvalue weighted by Gasteiger charge is -2.47. The van der Waals surface area contributed by atoms with Crippen LogP contribution in [0.1, 0.15) is 42.5 Å². The Hall–Kier alpha value is -1.76. The third-order valence-electron chi connectivity index (χ3n) is 4.97. The summed E-state index contributed by atoms with van der Waals surface area (Å²) in [6.07, 6.45) is 4.97. The molecule has 0 saturated carbocycles. The van der Waals surface area contributed by atoms with Crippen molar-refractivity contribution in [2.75, 3.05) is 4.90 Å². The van der Waals surface area contributed by atoms with Gasteiger partial charge < -0.3 is 4.90 Å². The lowest BCUT2D eigenvalue weighted by molar-refractivity contribution is 0.454. The van der Waals surface area contributed by atoms with Gasteiger partial charge >= 0.3 is 0 Å². The molecular formula is C19H21N. The summed E-state index contributed by atoms with van der Waals surface area (Å²) in [4.78, 5) is 2.70. The van der Waals surface area contributed by atoms with Gasteiger partial charge in [-0.2, -0.15) is 0 Å². The van der Waals surface area contributed by atoms with Crippen molar-refractivity contribution in [3.63, 3.8) is 0 Å². The molecule has 2 aliphatic heterocycles. The predicted octanol–water partition coefficient (Wildman–Crippen LogP) is 4.52. The van der Waals surface area contributed by atoms with E-state index in [0.717, 1.165) is 0 Å². The van der Waals surface area contributed by atoms with E-state index in [4.69, 9.17) is 0 Å². The van der Waals surface area contributed by atoms with Crippen LogP contribution in [-0.4, -0.2) is 6.04 Å². The average Bonchev–Trinajstić information content (AvgIpc) is 2.52. The summed E-state index contributed by atoms with van der Waals surface area (Å²) < 4.78 is 0. The van der Waals surface area contributed by atoms with Gasteiger partial charge in [0, 0.05) is 11.7 Å². The van der Waals surface area contributed by atoms with Gasteiger partial charge in [0.25, 0.3) is 0 Å². The van der Waals surface area contributed by atoms with Crippen molar-refractivity contribution >= 4 is 5.69 Å². The van der Waals surface area contributed by atoms with Gasteiger partial charge in [-0.05, 0) is 49.3 Å². The molecule has 102 valence electrons. The second kappa shape index (κ2) is 4.66. The van der Waals surface area contributed by atoms with Crippen LogP contribution in [0.3, 0.4) is 0 Å². The zero-order valence-electron chi connectivity index (χ0n) is 12.0. The molecule has 2 heterocycles. The van der Waals surface area contributed by atoms with Crippen LogP contribution in [-0.2, 0) is 12.8 Å². The fourth-order valence-corrected chi connectivity index (χ4v) is 4.00. The lowest BCUT2D eigenvalue weighted by atomic mass is 9.84. The molecule has 20 heavy (non-hydrogen) atoms. The van der Waals surface area contributed by atoms with Crippen LogP contribution < -0.4 is 4.90 Å². The van der Waals surface area contributed by atoms with E-state index in [1.165, 1.54) is 31.2 Å². The van der Waals surface area contributed by atoms with Crippen LogP contribution in [0.2, 0.25) is 0 Å². The van der Waals surface area contributed by atoms with Crippen LogP contribution in [0.15, 0.2) is 48.5 Å². The minimum absolute atomic E-state index is 0.556. The van der Waals surface area contributed by atoms with Crippen LogP contribution >= 0.6 is 0 Å². The Kier molecular flexibility index (Phi) is 2.80. The second-order valence-corrected chi connectivity index (χ2v) is 6.18. The molecule has 1 nitrogen and oxygen atoms in total. The SMILES string of the molecule is C[C@@H]1CCc2cccc3c2N1[C@@H](c1ccccc1)CC3. The zero-order chi connectivity index (χ0) is 13.5. The Balaban J connectivity index is 1.84. The fraction of sp³-hybridized carbons (Fsp3) is 0.368. The quantitative estimate of drug-likeness (QED) is 0.731. The van der Waals surface area contributed by atoms with Gasteiger partial charge in [-0.3, -0.25) is 0 Å². The Morgan fingerprint density at radius 3 is 2.30 bits per heavy atom. The maximum absolute atomic E-state index is 2.70. The average molecular weight is 263 g/mol. The number of aryl methyl sites for hydroxylation is 2. The molecule has 1 heteroatoms. The third kappa shape index (κ3) is 1.76. The van der Waals surface area contributed by atoms with Crippen molar-refractivity contribution in [1.82, 2.24) is 0 Å². The first-order valence-corrected chi connectivity index (χ1v) is 7.78. The summed E-state index contributed by atoms with van der Waals surface area (Å²) >= 11 is 0. The third-order valence-corrected chi connectivity index (χ3v) is 4.97. The summed E-state index contributed by atoms with van der Waals surface area (Å²) in [5.41, 5.74) is 6.13. The topological polar surface area (TPSA) is 3.24 Å². The monoisotopic (exact) mass is 263 g/mol. The molecule has 0 saturated heterocycles. The van der Waals surface area contributed by atoms with Gasteiger partial charge in [-0.15, -0.1) is 0 Å². The standard InChI is InChI=1S/C19H21N/c1-14-10-11-16-8-5-9-17-12-13-18(20(14)19(16)17)15-6-3-2-4-7-15/h2-9,14,18H,10-13H2,1H3/t14-,18-/m1/s1. The van der Waals surface area contributed by atoms with Gasteiger partial charge in [0.1, 0.15) is 0 Å². The number of nitrogens with zero attached hydrogens (tertiary/aromatic N) is 1. The molecule has 0 spiro atoms. The zero-order valence-corrected chi connectivity index (χ0v) is 12.0. The molecule has 0 amide bonds. The van der Waals surface area contributed by atoms with Gasteiger partial charge in [0.15, 0.2) is 0 Å². The Bertz CT molecular complexity index is 603. The number of hydrogen-bond acceptors (Lipinski definition) is 1. The first-order chi connectivity index (χ1) is 9.84. The normalized spacial score (nSPS) is 24.4. The van der Waals surface area contributed by atoms with Gasteiger partial charge in [0.05, 0.1) is 6.04 Å². The predicted molar refractivity (Wildman–Crippen MR) is 84.2 cm³/mol. The summed E-state index contributed by atoms with van der Waals surface area (Å²) in [5.74, 6) is 0. The van der Waals surface area contributed by atoms with Crippen molar-refractivity contribution in [3.8, 4) is 0 Å². The van der Waals surface area contributed by atoms with E-state index < -0.39 is 0 Å². The van der Waals surface area contributed by atoms with E-state index in [0.29, 0.717) is 12.1 Å². The lowest BCUT2D eigenvalue weighted by Crippen LogP contribution is -2.43. The first kappa shape index (κ1) is 12.0. The van der Waals surface area contributed by atoms with Crippen molar-refractivity contribution in [3.05, 3.63) is 65.2 Å². The minimum atomic E-state index is 0.556. The van der Waals surface area contributed by atoms with Crippen molar-refractivity contribution < 1.29 is 0 Å². The molecule has 2 aromatic carbocycles. The van der Waals surface area contributed by atoms with Crippen molar-refractivity contribution in [1.29, 1.82) is 0 Å². The highest BCUT2D eigenvalue weighted by atomic mass is 15.2. The van der Waals surface area contributed by atoms with Gasteiger partial charge in [-0.1, -0.05) is 48.5 Å². The van der Waals surface area contributed by atoms with E-state index in [1.807, 2.05) is 0 Å². The summed E-state index contributed by atoms with van der Waals surface area (Å²) in [7, 11) is 0. The number of para-hydroxylation sites is 1. The summed E-state index contributed by atoms with van der Waals surface area (Å²) in [6.45, 7) is 2.39. The van der Waals surface area contributed by atoms with Crippen molar-refractivity contribution in [2.24, 2.45) is 0 Å². The molecule has 2 aliphatic rings. The molecular weight excluding hydrogens is 242 g/mol. The summed E-state index contributed by atoms with van der Waals surface area (Å²) in [6, 6.07) is 19.1. The molecule has 4 rings (SSSR count). The Morgan fingerprint density at radius 1 is 0.850 bits per heavy atom. The highest BCUT2D eigenvalue weighted by molar-refractivity contribution is 5.65. The van der Waals surface area contributed by atoms with E-state index in [2.05, 4.69) is 60.4 Å². The van der Waals surface area contributed by atoms with E-state index in [1.54, 1.807) is 16.8 Å². The maximum Gasteiger partial charge on any atom is 0.0548 e. The van der Waals surface area contributed by atoms with E-state index >= 15 is 0 Å². The number of anilines is 1. The number of hydrogen-bond donors (Lipinski definition) is 0. The van der Waals surface area contributed by atoms with Crippen molar-refractivity contribution in [2.45, 2.75) is 44.7 Å². The smallest absolute Gasteiger partial charge is 0.0548 e. The molecule has 0 unspecified atom stereocenters. The largest absolute Gasteiger partial charge is 0.361 e. The number of benzene rings is 2. The molecule has 0 radical (unpaired) electrons. The molecule has 0 aliphatic carbocycles. The second-order valence-electron chi connectivity index (χ2n) is 6.18. The van der Waals surface area contributed by atoms with E-state index in [9.17, 15) is 0 Å². The van der Waals surface area contributed by atoms with Crippen LogP contribution in [0.5, 0.6) is 0 Å². The Labute approximate surface area is 121 Å². The highest BCUT2D eigenvalue weighted by Crippen LogP contribution is 2.45. The highest BCUT2D eigenvalue weighted by Gasteiger charge is 2.34.